The number of ketones is 1. The SMILES string of the molecule is CC(C)OCC(=O)C1OCCC1C. The monoisotopic (exact) mass is 186 g/mol. The first kappa shape index (κ1) is 10.7. The van der Waals surface area contributed by atoms with Gasteiger partial charge in [-0.2, -0.15) is 0 Å². The van der Waals surface area contributed by atoms with E-state index in [1.54, 1.807) is 0 Å². The van der Waals surface area contributed by atoms with Crippen molar-refractivity contribution in [2.75, 3.05) is 13.2 Å². The van der Waals surface area contributed by atoms with E-state index in [1.165, 1.54) is 0 Å². The van der Waals surface area contributed by atoms with E-state index >= 15 is 0 Å². The van der Waals surface area contributed by atoms with Crippen molar-refractivity contribution in [1.29, 1.82) is 0 Å². The molecule has 3 nitrogen and oxygen atoms in total. The molecular formula is C10H18O3. The van der Waals surface area contributed by atoms with Crippen LogP contribution in [0.3, 0.4) is 0 Å². The van der Waals surface area contributed by atoms with Crippen LogP contribution in [-0.2, 0) is 14.3 Å². The van der Waals surface area contributed by atoms with Gasteiger partial charge in [-0.15, -0.1) is 0 Å². The van der Waals surface area contributed by atoms with Crippen LogP contribution in [-0.4, -0.2) is 31.2 Å². The standard InChI is InChI=1S/C10H18O3/c1-7(2)13-6-9(11)10-8(3)4-5-12-10/h7-8,10H,4-6H2,1-3H3. The van der Waals surface area contributed by atoms with Gasteiger partial charge in [0.15, 0.2) is 5.78 Å². The Bertz CT molecular complexity index is 177. The van der Waals surface area contributed by atoms with E-state index in [4.69, 9.17) is 9.47 Å². The molecule has 1 fully saturated rings. The fraction of sp³-hybridized carbons (Fsp3) is 0.900. The minimum atomic E-state index is -0.223. The van der Waals surface area contributed by atoms with Crippen LogP contribution in [0.15, 0.2) is 0 Å². The molecule has 1 heterocycles. The Morgan fingerprint density at radius 2 is 2.31 bits per heavy atom. The smallest absolute Gasteiger partial charge is 0.187 e. The fourth-order valence-electron chi connectivity index (χ4n) is 1.44. The van der Waals surface area contributed by atoms with E-state index in [0.717, 1.165) is 6.42 Å². The second-order valence-electron chi connectivity index (χ2n) is 3.88. The number of carbonyl (C=O) groups is 1. The molecule has 2 unspecified atom stereocenters. The third-order valence-corrected chi connectivity index (χ3v) is 2.26. The first-order chi connectivity index (χ1) is 6.11. The van der Waals surface area contributed by atoms with Crippen molar-refractivity contribution in [2.45, 2.75) is 39.4 Å². The molecule has 1 saturated heterocycles. The molecule has 0 N–H and O–H groups in total. The Labute approximate surface area is 79.4 Å². The maximum atomic E-state index is 11.5. The van der Waals surface area contributed by atoms with Crippen LogP contribution in [0.4, 0.5) is 0 Å². The summed E-state index contributed by atoms with van der Waals surface area (Å²) in [4.78, 5) is 11.5. The van der Waals surface area contributed by atoms with Crippen molar-refractivity contribution in [3.8, 4) is 0 Å². The molecule has 1 aliphatic rings. The van der Waals surface area contributed by atoms with Gasteiger partial charge >= 0.3 is 0 Å². The van der Waals surface area contributed by atoms with Gasteiger partial charge in [0, 0.05) is 6.61 Å². The second kappa shape index (κ2) is 4.72. The van der Waals surface area contributed by atoms with Gasteiger partial charge in [0.25, 0.3) is 0 Å². The van der Waals surface area contributed by atoms with E-state index in [-0.39, 0.29) is 24.6 Å². The lowest BCUT2D eigenvalue weighted by Gasteiger charge is -2.14. The van der Waals surface area contributed by atoms with E-state index in [1.807, 2.05) is 20.8 Å². The van der Waals surface area contributed by atoms with Gasteiger partial charge in [0.05, 0.1) is 6.10 Å². The van der Waals surface area contributed by atoms with Crippen molar-refractivity contribution in [3.63, 3.8) is 0 Å². The van der Waals surface area contributed by atoms with Crippen molar-refractivity contribution in [3.05, 3.63) is 0 Å². The summed E-state index contributed by atoms with van der Waals surface area (Å²) in [5.74, 6) is 0.432. The van der Waals surface area contributed by atoms with Gasteiger partial charge in [-0.1, -0.05) is 6.92 Å². The maximum absolute atomic E-state index is 11.5. The molecule has 0 spiro atoms. The zero-order valence-electron chi connectivity index (χ0n) is 8.58. The average molecular weight is 186 g/mol. The lowest BCUT2D eigenvalue weighted by Crippen LogP contribution is -2.29. The van der Waals surface area contributed by atoms with Gasteiger partial charge in [-0.25, -0.2) is 0 Å². The number of Topliss-reactive ketones (excluding diaryl/α,β-unsaturated/α-hetero) is 1. The Hall–Kier alpha value is -0.410. The van der Waals surface area contributed by atoms with Crippen LogP contribution in [0, 0.1) is 5.92 Å². The molecule has 0 aromatic rings. The third-order valence-electron chi connectivity index (χ3n) is 2.26. The molecule has 0 radical (unpaired) electrons. The van der Waals surface area contributed by atoms with Crippen molar-refractivity contribution < 1.29 is 14.3 Å². The van der Waals surface area contributed by atoms with Gasteiger partial charge in [-0.05, 0) is 26.2 Å². The van der Waals surface area contributed by atoms with Crippen LogP contribution in [0.25, 0.3) is 0 Å². The minimum Gasteiger partial charge on any atom is -0.371 e. The molecule has 0 amide bonds. The summed E-state index contributed by atoms with van der Waals surface area (Å²) in [5.41, 5.74) is 0. The average Bonchev–Trinajstić information content (AvgIpc) is 2.47. The highest BCUT2D eigenvalue weighted by atomic mass is 16.5. The number of hydrogen-bond acceptors (Lipinski definition) is 3. The summed E-state index contributed by atoms with van der Waals surface area (Å²) < 4.78 is 10.6. The van der Waals surface area contributed by atoms with Gasteiger partial charge < -0.3 is 9.47 Å². The molecule has 0 saturated carbocycles. The van der Waals surface area contributed by atoms with Crippen LogP contribution in [0.1, 0.15) is 27.2 Å². The molecule has 0 aliphatic carbocycles. The number of carbonyl (C=O) groups excluding carboxylic acids is 1. The Kier molecular flexibility index (Phi) is 3.88. The van der Waals surface area contributed by atoms with Gasteiger partial charge in [0.2, 0.25) is 0 Å². The Morgan fingerprint density at radius 3 is 2.77 bits per heavy atom. The first-order valence-electron chi connectivity index (χ1n) is 4.87. The van der Waals surface area contributed by atoms with E-state index < -0.39 is 0 Å². The molecular weight excluding hydrogens is 168 g/mol. The molecule has 0 aromatic carbocycles. The number of ether oxygens (including phenoxy) is 2. The van der Waals surface area contributed by atoms with Crippen LogP contribution >= 0.6 is 0 Å². The van der Waals surface area contributed by atoms with Crippen molar-refractivity contribution in [1.82, 2.24) is 0 Å². The van der Waals surface area contributed by atoms with Gasteiger partial charge in [0.1, 0.15) is 12.7 Å². The van der Waals surface area contributed by atoms with Crippen LogP contribution < -0.4 is 0 Å². The summed E-state index contributed by atoms with van der Waals surface area (Å²) >= 11 is 0. The summed E-state index contributed by atoms with van der Waals surface area (Å²) in [7, 11) is 0. The topological polar surface area (TPSA) is 35.5 Å². The normalized spacial score (nSPS) is 28.3. The Morgan fingerprint density at radius 1 is 1.62 bits per heavy atom. The fourth-order valence-corrected chi connectivity index (χ4v) is 1.44. The molecule has 0 bridgehead atoms. The lowest BCUT2D eigenvalue weighted by atomic mass is 10.0. The highest BCUT2D eigenvalue weighted by Crippen LogP contribution is 2.20. The van der Waals surface area contributed by atoms with Crippen LogP contribution in [0.5, 0.6) is 0 Å². The minimum absolute atomic E-state index is 0.0821. The molecule has 1 rings (SSSR count). The van der Waals surface area contributed by atoms with Crippen molar-refractivity contribution in [2.24, 2.45) is 5.92 Å². The largest absolute Gasteiger partial charge is 0.371 e. The lowest BCUT2D eigenvalue weighted by molar-refractivity contribution is -0.135. The molecule has 0 aromatic heterocycles. The number of rotatable bonds is 4. The molecule has 13 heavy (non-hydrogen) atoms. The first-order valence-corrected chi connectivity index (χ1v) is 4.87. The molecule has 3 heteroatoms. The van der Waals surface area contributed by atoms with Gasteiger partial charge in [-0.3, -0.25) is 4.79 Å². The number of hydrogen-bond donors (Lipinski definition) is 0. The molecule has 76 valence electrons. The Balaban J connectivity index is 2.30. The summed E-state index contributed by atoms with van der Waals surface area (Å²) in [6.45, 7) is 6.79. The third kappa shape index (κ3) is 3.08. The zero-order chi connectivity index (χ0) is 9.84. The zero-order valence-corrected chi connectivity index (χ0v) is 8.58. The quantitative estimate of drug-likeness (QED) is 0.666. The second-order valence-corrected chi connectivity index (χ2v) is 3.88. The van der Waals surface area contributed by atoms with E-state index in [2.05, 4.69) is 0 Å². The highest BCUT2D eigenvalue weighted by molar-refractivity contribution is 5.84. The molecule has 1 aliphatic heterocycles. The van der Waals surface area contributed by atoms with Crippen LogP contribution in [0.2, 0.25) is 0 Å². The summed E-state index contributed by atoms with van der Waals surface area (Å²) in [6.07, 6.45) is 0.873. The predicted octanol–water partition coefficient (Wildman–Crippen LogP) is 1.41. The maximum Gasteiger partial charge on any atom is 0.187 e. The van der Waals surface area contributed by atoms with E-state index in [0.29, 0.717) is 12.5 Å². The van der Waals surface area contributed by atoms with Crippen molar-refractivity contribution >= 4 is 5.78 Å². The van der Waals surface area contributed by atoms with E-state index in [9.17, 15) is 4.79 Å². The highest BCUT2D eigenvalue weighted by Gasteiger charge is 2.30. The summed E-state index contributed by atoms with van der Waals surface area (Å²) in [5, 5.41) is 0. The predicted molar refractivity (Wildman–Crippen MR) is 49.6 cm³/mol. The summed E-state index contributed by atoms with van der Waals surface area (Å²) in [6, 6.07) is 0. The molecule has 2 atom stereocenters.